The van der Waals surface area contributed by atoms with Gasteiger partial charge in [-0.15, -0.1) is 0 Å². The molecule has 6 rings (SSSR count). The first-order valence-electron chi connectivity index (χ1n) is 42.6. The van der Waals surface area contributed by atoms with Gasteiger partial charge in [0.25, 0.3) is 11.8 Å². The summed E-state index contributed by atoms with van der Waals surface area (Å²) in [7, 11) is 0. The van der Waals surface area contributed by atoms with Crippen molar-refractivity contribution in [2.45, 2.75) is 232 Å². The number of aliphatic hydroxyl groups is 2. The van der Waals surface area contributed by atoms with E-state index in [1.807, 2.05) is 13.8 Å². The minimum atomic E-state index is -1.76. The molecule has 2 aliphatic rings. The lowest BCUT2D eigenvalue weighted by atomic mass is 9.98. The number of fused-ring (bicyclic) bond motifs is 1. The maximum absolute atomic E-state index is 15.1. The number of carbonyl (C=O) groups is 14. The second-order valence-electron chi connectivity index (χ2n) is 31.8. The Balaban J connectivity index is 1.29. The fourth-order valence-electron chi connectivity index (χ4n) is 14.3. The fourth-order valence-corrected chi connectivity index (χ4v) is 14.3. The Morgan fingerprint density at radius 3 is 1.71 bits per heavy atom. The second-order valence-corrected chi connectivity index (χ2v) is 31.8. The van der Waals surface area contributed by atoms with E-state index < -0.39 is 168 Å². The number of aromatic nitrogens is 1. The van der Waals surface area contributed by atoms with Gasteiger partial charge in [-0.05, 0) is 189 Å². The van der Waals surface area contributed by atoms with Crippen LogP contribution >= 0.6 is 0 Å². The maximum Gasteiger partial charge on any atom is 0.421 e. The second kappa shape index (κ2) is 50.6. The summed E-state index contributed by atoms with van der Waals surface area (Å²) < 4.78 is 20.7. The zero-order valence-corrected chi connectivity index (χ0v) is 72.7. The van der Waals surface area contributed by atoms with Crippen LogP contribution in [0, 0.1) is 31.5 Å². The molecule has 4 aromatic rings. The van der Waals surface area contributed by atoms with E-state index in [1.165, 1.54) is 26.0 Å². The van der Waals surface area contributed by atoms with Crippen molar-refractivity contribution in [2.75, 3.05) is 70.3 Å². The highest BCUT2D eigenvalue weighted by atomic mass is 19.1. The summed E-state index contributed by atoms with van der Waals surface area (Å²) in [5.41, 5.74) is 34.1. The van der Waals surface area contributed by atoms with E-state index in [0.717, 1.165) is 49.4 Å². The van der Waals surface area contributed by atoms with Crippen LogP contribution in [-0.2, 0) is 75.3 Å². The number of aliphatic hydroxyl groups excluding tert-OH is 2. The Morgan fingerprint density at radius 2 is 1.16 bits per heavy atom. The standard InChI is InChI=1S/C86H129FN20O17/c1-11-48(6)16-14-15-17-70(110)96-60(28-34-88)78(115)105-73(52(10)109)84(121)101-63(31-37-91)75(112)100-65-33-39-93-83(120)72(51(9)108)104-79(116)64(32-38-92)98-74(111)61(29-35-89)99-80(117)67(42-47(4)5)102-81(118)68(103-76(113)62(30-36-90)97-77(65)114)43-53-18-22-55(23-19-53)56-24-20-54(21-25-56)46-124-86(123)107-69-27-26-57(87)44-58(69)59(85(107)122)45-66-49(7)71(50(8)95-66)82(119)94-40-41-106(12-2)13-3/h18-27,44-45,47-48,51-52,60-65,67-68,72-73,95,108-109H,11-17,28-43,46,88-92H2,1-10H3,(H,93,120)(H,94,119)(H,96,110)(H,97,114)(H,98,111)(H,99,117)(H,100,112)(H,101,121)(H,102,118)(H,103,113)(H,104,116)(H,105,115)/b59-45-/t48?,51-,52-,60+,61+,62?,63+,64+,65+,67+,68-,72+,73+/m1/s1. The molecule has 0 radical (unpaired) electrons. The summed E-state index contributed by atoms with van der Waals surface area (Å²) in [4.78, 5) is 205. The lowest BCUT2D eigenvalue weighted by Crippen LogP contribution is -2.62. The third-order valence-corrected chi connectivity index (χ3v) is 21.7. The van der Waals surface area contributed by atoms with Gasteiger partial charge in [0.1, 0.15) is 72.8 Å². The Labute approximate surface area is 722 Å². The minimum absolute atomic E-state index is 0.0182. The number of halogens is 1. The Kier molecular flexibility index (Phi) is 41.5. The van der Waals surface area contributed by atoms with Gasteiger partial charge in [0.15, 0.2) is 0 Å². The van der Waals surface area contributed by atoms with Crippen molar-refractivity contribution in [3.05, 3.63) is 112 Å². The van der Waals surface area contributed by atoms with Crippen LogP contribution in [0.5, 0.6) is 0 Å². The number of H-pyrrole nitrogens is 1. The molecule has 1 aromatic heterocycles. The molecule has 1 fully saturated rings. The van der Waals surface area contributed by atoms with Gasteiger partial charge in [0.05, 0.1) is 29.0 Å². The molecule has 3 aromatic carbocycles. The number of aryl methyl sites for hydroxylation is 1. The van der Waals surface area contributed by atoms with E-state index in [4.69, 9.17) is 33.4 Å². The number of likely N-dealkylation sites (N-methyl/N-ethyl adjacent to an activating group) is 1. The molecular weight excluding hydrogens is 1600 g/mol. The Bertz CT molecular complexity index is 4350. The molecule has 2 unspecified atom stereocenters. The predicted molar refractivity (Wildman–Crippen MR) is 464 cm³/mol. The molecule has 124 heavy (non-hydrogen) atoms. The average molecular weight is 1730 g/mol. The molecule has 2 aliphatic heterocycles. The SMILES string of the molecule is CCC(C)CCCCC(=O)N[C@@H](CCN)C(=O)N[C@H](C(=O)N[C@@H](CCN)C(=O)N[C@H]1CCNC(=O)[C@H]([C@@H](C)O)NC(=O)[C@H](CCN)NC(=O)[C@H](CCN)NC(=O)[C@H](CC(C)C)NC(=O)[C@@H](Cc2ccc(-c3ccc(COC(=O)N4C(=O)/C(=C\c5[nH]c(C)c(C(=O)NCCN(CC)CC)c5C)c5cc(F)ccc54)cc3)cc2)NC(=O)C(CCN)NC1=O)[C@@H](C)O. The number of nitrogens with zero attached hydrogens (tertiary/aromatic N) is 2. The van der Waals surface area contributed by atoms with Gasteiger partial charge in [-0.25, -0.2) is 14.1 Å². The summed E-state index contributed by atoms with van der Waals surface area (Å²) in [5.74, 6) is -11.9. The maximum atomic E-state index is 15.1. The van der Waals surface area contributed by atoms with E-state index >= 15 is 4.79 Å². The summed E-state index contributed by atoms with van der Waals surface area (Å²) in [5, 5.41) is 53.1. The molecule has 14 amide bonds. The summed E-state index contributed by atoms with van der Waals surface area (Å²) in [6.07, 6.45) is -1.46. The number of benzene rings is 3. The number of carbonyl (C=O) groups excluding carboxylic acids is 14. The number of imide groups is 1. The van der Waals surface area contributed by atoms with Crippen LogP contribution in [0.2, 0.25) is 0 Å². The van der Waals surface area contributed by atoms with Crippen LogP contribution in [0.4, 0.5) is 14.9 Å². The smallest absolute Gasteiger partial charge is 0.421 e. The number of rotatable bonds is 39. The van der Waals surface area contributed by atoms with E-state index in [9.17, 15) is 76.9 Å². The molecule has 3 heterocycles. The number of anilines is 1. The lowest BCUT2D eigenvalue weighted by Gasteiger charge is -2.29. The molecule has 0 saturated carbocycles. The number of amides is 14. The molecule has 25 N–H and O–H groups in total. The fraction of sp³-hybridized carbons (Fsp3) is 0.558. The minimum Gasteiger partial charge on any atom is -0.444 e. The summed E-state index contributed by atoms with van der Waals surface area (Å²) >= 11 is 0. The summed E-state index contributed by atoms with van der Waals surface area (Å²) in [6, 6.07) is 1.52. The Hall–Kier alpha value is -11.1. The molecule has 13 atom stereocenters. The number of aromatic amines is 1. The van der Waals surface area contributed by atoms with Crippen LogP contribution in [-0.4, -0.2) is 241 Å². The molecule has 38 heteroatoms. The zero-order chi connectivity index (χ0) is 91.6. The van der Waals surface area contributed by atoms with Crippen molar-refractivity contribution in [3.8, 4) is 11.1 Å². The molecular formula is C86H129FN20O17. The van der Waals surface area contributed by atoms with Gasteiger partial charge >= 0.3 is 6.09 Å². The van der Waals surface area contributed by atoms with E-state index in [2.05, 4.69) is 87.5 Å². The van der Waals surface area contributed by atoms with Crippen LogP contribution < -0.4 is 97.4 Å². The first-order chi connectivity index (χ1) is 59.0. The van der Waals surface area contributed by atoms with Crippen LogP contribution in [0.25, 0.3) is 22.8 Å². The van der Waals surface area contributed by atoms with Crippen LogP contribution in [0.3, 0.4) is 0 Å². The van der Waals surface area contributed by atoms with E-state index in [0.29, 0.717) is 70.2 Å². The number of nitrogens with two attached hydrogens (primary N) is 5. The van der Waals surface area contributed by atoms with Gasteiger partial charge in [-0.2, -0.15) is 0 Å². The number of unbranched alkanes of at least 4 members (excludes halogenated alkanes) is 1. The quantitative estimate of drug-likeness (QED) is 0.0203. The van der Waals surface area contributed by atoms with Crippen molar-refractivity contribution in [1.82, 2.24) is 73.7 Å². The van der Waals surface area contributed by atoms with Crippen molar-refractivity contribution in [1.29, 1.82) is 0 Å². The molecule has 0 bridgehead atoms. The van der Waals surface area contributed by atoms with Crippen LogP contribution in [0.15, 0.2) is 66.7 Å². The van der Waals surface area contributed by atoms with Gasteiger partial charge in [-0.3, -0.25) is 62.3 Å². The third kappa shape index (κ3) is 30.1. The average Bonchev–Trinajstić information content (AvgIpc) is 1.60. The van der Waals surface area contributed by atoms with E-state index in [-0.39, 0.29) is 119 Å². The van der Waals surface area contributed by atoms with Crippen molar-refractivity contribution >= 4 is 100 Å². The highest BCUT2D eigenvalue weighted by Crippen LogP contribution is 2.40. The Morgan fingerprint density at radius 1 is 0.621 bits per heavy atom. The molecule has 0 aliphatic carbocycles. The monoisotopic (exact) mass is 1730 g/mol. The summed E-state index contributed by atoms with van der Waals surface area (Å²) in [6.45, 7) is 18.5. The largest absolute Gasteiger partial charge is 0.444 e. The molecule has 682 valence electrons. The van der Waals surface area contributed by atoms with Crippen molar-refractivity contribution in [3.63, 3.8) is 0 Å². The number of ether oxygens (including phenoxy) is 1. The van der Waals surface area contributed by atoms with Gasteiger partial charge < -0.3 is 117 Å². The molecule has 37 nitrogen and oxygen atoms in total. The predicted octanol–water partition coefficient (Wildman–Crippen LogP) is -0.198. The van der Waals surface area contributed by atoms with Gasteiger partial charge in [0.2, 0.25) is 65.0 Å². The molecule has 0 spiro atoms. The normalized spacial score (nSPS) is 20.2. The lowest BCUT2D eigenvalue weighted by molar-refractivity contribution is -0.137. The highest BCUT2D eigenvalue weighted by Gasteiger charge is 2.41. The van der Waals surface area contributed by atoms with Gasteiger partial charge in [0, 0.05) is 49.4 Å². The number of hydrogen-bond donors (Lipinski definition) is 20. The number of hydrogen-bond acceptors (Lipinski definition) is 23. The molecule has 1 saturated heterocycles. The topological polar surface area (TPSA) is 585 Å². The first kappa shape index (κ1) is 102. The highest BCUT2D eigenvalue weighted by molar-refractivity contribution is 6.41. The number of nitrogens with one attached hydrogen (secondary N) is 13. The van der Waals surface area contributed by atoms with Crippen molar-refractivity contribution < 1.29 is 86.5 Å². The van der Waals surface area contributed by atoms with Gasteiger partial charge in [-0.1, -0.05) is 109 Å². The third-order valence-electron chi connectivity index (χ3n) is 21.7. The van der Waals surface area contributed by atoms with Crippen molar-refractivity contribution in [2.24, 2.45) is 40.5 Å². The first-order valence-corrected chi connectivity index (χ1v) is 42.6. The van der Waals surface area contributed by atoms with Crippen LogP contribution in [0.1, 0.15) is 176 Å². The van der Waals surface area contributed by atoms with E-state index in [1.54, 1.807) is 76.2 Å². The zero-order valence-electron chi connectivity index (χ0n) is 72.7.